The standard InChI is InChI=1S/C12H14ClFINO/c1-7(2)10(6-15)16-12(17)8-4-3-5-9(13)11(8)14/h3-5,7,10H,6H2,1-2H3,(H,16,17). The Bertz CT molecular complexity index is 411. The van der Waals surface area contributed by atoms with Crippen LogP contribution in [-0.4, -0.2) is 16.4 Å². The Morgan fingerprint density at radius 1 is 1.53 bits per heavy atom. The first-order valence-electron chi connectivity index (χ1n) is 5.28. The minimum absolute atomic E-state index is 0.00648. The van der Waals surface area contributed by atoms with Gasteiger partial charge in [-0.3, -0.25) is 4.79 Å². The average Bonchev–Trinajstić information content (AvgIpc) is 2.28. The summed E-state index contributed by atoms with van der Waals surface area (Å²) >= 11 is 7.83. The zero-order valence-electron chi connectivity index (χ0n) is 9.64. The molecule has 1 amide bonds. The highest BCUT2D eigenvalue weighted by atomic mass is 127. The largest absolute Gasteiger partial charge is 0.348 e. The molecule has 94 valence electrons. The molecule has 0 fully saturated rings. The molecule has 0 aliphatic heterocycles. The van der Waals surface area contributed by atoms with Gasteiger partial charge >= 0.3 is 0 Å². The fourth-order valence-electron chi connectivity index (χ4n) is 1.31. The van der Waals surface area contributed by atoms with Crippen molar-refractivity contribution in [2.24, 2.45) is 5.92 Å². The van der Waals surface area contributed by atoms with E-state index in [2.05, 4.69) is 27.9 Å². The second-order valence-electron chi connectivity index (χ2n) is 4.08. The second kappa shape index (κ2) is 6.54. The third-order valence-electron chi connectivity index (χ3n) is 2.48. The van der Waals surface area contributed by atoms with E-state index in [0.717, 1.165) is 4.43 Å². The second-order valence-corrected chi connectivity index (χ2v) is 5.37. The van der Waals surface area contributed by atoms with E-state index < -0.39 is 11.7 Å². The molecular weight excluding hydrogens is 355 g/mol. The lowest BCUT2D eigenvalue weighted by atomic mass is 10.1. The van der Waals surface area contributed by atoms with E-state index in [9.17, 15) is 9.18 Å². The van der Waals surface area contributed by atoms with Gasteiger partial charge in [-0.2, -0.15) is 0 Å². The van der Waals surface area contributed by atoms with Crippen LogP contribution in [-0.2, 0) is 0 Å². The number of alkyl halides is 1. The summed E-state index contributed by atoms with van der Waals surface area (Å²) in [7, 11) is 0. The van der Waals surface area contributed by atoms with Crippen LogP contribution in [0.4, 0.5) is 4.39 Å². The van der Waals surface area contributed by atoms with Crippen molar-refractivity contribution >= 4 is 40.1 Å². The molecule has 0 spiro atoms. The summed E-state index contributed by atoms with van der Waals surface area (Å²) in [6, 6.07) is 4.45. The number of carbonyl (C=O) groups excluding carboxylic acids is 1. The maximum atomic E-state index is 13.6. The molecule has 1 aromatic carbocycles. The SMILES string of the molecule is CC(C)C(CI)NC(=O)c1cccc(Cl)c1F. The molecule has 1 atom stereocenters. The zero-order chi connectivity index (χ0) is 13.0. The highest BCUT2D eigenvalue weighted by Gasteiger charge is 2.19. The number of hydrogen-bond donors (Lipinski definition) is 1. The molecule has 2 nitrogen and oxygen atoms in total. The highest BCUT2D eigenvalue weighted by Crippen LogP contribution is 2.18. The monoisotopic (exact) mass is 369 g/mol. The summed E-state index contributed by atoms with van der Waals surface area (Å²) in [6.07, 6.45) is 0. The van der Waals surface area contributed by atoms with Crippen LogP contribution in [0.15, 0.2) is 18.2 Å². The van der Waals surface area contributed by atoms with Crippen LogP contribution < -0.4 is 5.32 Å². The predicted octanol–water partition coefficient (Wildman–Crippen LogP) is 3.67. The minimum Gasteiger partial charge on any atom is -0.348 e. The number of amides is 1. The van der Waals surface area contributed by atoms with Gasteiger partial charge in [-0.1, -0.05) is 54.1 Å². The van der Waals surface area contributed by atoms with E-state index in [0.29, 0.717) is 5.92 Å². The molecule has 0 aliphatic carbocycles. The molecule has 5 heteroatoms. The third kappa shape index (κ3) is 3.81. The van der Waals surface area contributed by atoms with Gasteiger partial charge in [-0.25, -0.2) is 4.39 Å². The quantitative estimate of drug-likeness (QED) is 0.637. The summed E-state index contributed by atoms with van der Waals surface area (Å²) in [5.41, 5.74) is -0.00648. The van der Waals surface area contributed by atoms with E-state index in [1.807, 2.05) is 13.8 Å². The smallest absolute Gasteiger partial charge is 0.254 e. The van der Waals surface area contributed by atoms with Gasteiger partial charge in [0.25, 0.3) is 5.91 Å². The third-order valence-corrected chi connectivity index (χ3v) is 3.72. The molecule has 1 aromatic rings. The van der Waals surface area contributed by atoms with Gasteiger partial charge in [0.05, 0.1) is 10.6 Å². The number of nitrogens with one attached hydrogen (secondary N) is 1. The number of carbonyl (C=O) groups is 1. The van der Waals surface area contributed by atoms with E-state index in [4.69, 9.17) is 11.6 Å². The normalized spacial score (nSPS) is 12.6. The Morgan fingerprint density at radius 3 is 2.71 bits per heavy atom. The summed E-state index contributed by atoms with van der Waals surface area (Å²) in [6.45, 7) is 4.02. The van der Waals surface area contributed by atoms with Crippen LogP contribution in [0.2, 0.25) is 5.02 Å². The van der Waals surface area contributed by atoms with Gasteiger partial charge in [-0.05, 0) is 18.1 Å². The molecule has 0 aliphatic rings. The molecule has 1 unspecified atom stereocenters. The lowest BCUT2D eigenvalue weighted by molar-refractivity contribution is 0.0928. The first-order valence-corrected chi connectivity index (χ1v) is 7.18. The van der Waals surface area contributed by atoms with E-state index in [-0.39, 0.29) is 16.6 Å². The van der Waals surface area contributed by atoms with Crippen molar-refractivity contribution in [1.82, 2.24) is 5.32 Å². The first kappa shape index (κ1) is 14.7. The molecule has 0 saturated heterocycles. The van der Waals surface area contributed by atoms with Crippen molar-refractivity contribution < 1.29 is 9.18 Å². The summed E-state index contributed by atoms with van der Waals surface area (Å²) in [5.74, 6) is -0.777. The van der Waals surface area contributed by atoms with Gasteiger partial charge in [-0.15, -0.1) is 0 Å². The van der Waals surface area contributed by atoms with Gasteiger partial charge in [0, 0.05) is 10.5 Å². The molecule has 1 rings (SSSR count). The van der Waals surface area contributed by atoms with Gasteiger partial charge in [0.1, 0.15) is 0 Å². The molecular formula is C12H14ClFINO. The molecule has 0 saturated carbocycles. The molecule has 0 aromatic heterocycles. The Kier molecular flexibility index (Phi) is 5.66. The Hall–Kier alpha value is -0.360. The zero-order valence-corrected chi connectivity index (χ0v) is 12.5. The van der Waals surface area contributed by atoms with Gasteiger partial charge in [0.15, 0.2) is 5.82 Å². The van der Waals surface area contributed by atoms with Crippen molar-refractivity contribution in [3.63, 3.8) is 0 Å². The van der Waals surface area contributed by atoms with Gasteiger partial charge in [0.2, 0.25) is 0 Å². The fraction of sp³-hybridized carbons (Fsp3) is 0.417. The van der Waals surface area contributed by atoms with E-state index in [1.165, 1.54) is 12.1 Å². The van der Waals surface area contributed by atoms with Crippen molar-refractivity contribution in [1.29, 1.82) is 0 Å². The van der Waals surface area contributed by atoms with Crippen LogP contribution in [0.5, 0.6) is 0 Å². The molecule has 0 bridgehead atoms. The first-order chi connectivity index (χ1) is 7.97. The Morgan fingerprint density at radius 2 is 2.18 bits per heavy atom. The minimum atomic E-state index is -0.664. The van der Waals surface area contributed by atoms with Crippen LogP contribution in [0.1, 0.15) is 24.2 Å². The molecule has 0 heterocycles. The predicted molar refractivity (Wildman–Crippen MR) is 76.4 cm³/mol. The summed E-state index contributed by atoms with van der Waals surface area (Å²) in [4.78, 5) is 11.9. The lowest BCUT2D eigenvalue weighted by Gasteiger charge is -2.20. The summed E-state index contributed by atoms with van der Waals surface area (Å²) < 4.78 is 14.4. The maximum Gasteiger partial charge on any atom is 0.254 e. The average molecular weight is 370 g/mol. The van der Waals surface area contributed by atoms with Crippen molar-refractivity contribution in [3.05, 3.63) is 34.6 Å². The fourth-order valence-corrected chi connectivity index (χ4v) is 2.72. The Balaban J connectivity index is 2.86. The number of hydrogen-bond acceptors (Lipinski definition) is 1. The van der Waals surface area contributed by atoms with Crippen LogP contribution in [0.3, 0.4) is 0 Å². The van der Waals surface area contributed by atoms with Crippen molar-refractivity contribution in [2.45, 2.75) is 19.9 Å². The lowest BCUT2D eigenvalue weighted by Crippen LogP contribution is -2.40. The summed E-state index contributed by atoms with van der Waals surface area (Å²) in [5, 5.41) is 2.77. The van der Waals surface area contributed by atoms with Crippen molar-refractivity contribution in [2.75, 3.05) is 4.43 Å². The van der Waals surface area contributed by atoms with Crippen molar-refractivity contribution in [3.8, 4) is 0 Å². The van der Waals surface area contributed by atoms with Crippen LogP contribution >= 0.6 is 34.2 Å². The molecule has 1 N–H and O–H groups in total. The molecule has 17 heavy (non-hydrogen) atoms. The Labute approximate surface area is 119 Å². The number of benzene rings is 1. The van der Waals surface area contributed by atoms with Crippen LogP contribution in [0.25, 0.3) is 0 Å². The van der Waals surface area contributed by atoms with Crippen LogP contribution in [0, 0.1) is 11.7 Å². The highest BCUT2D eigenvalue weighted by molar-refractivity contribution is 14.1. The number of rotatable bonds is 4. The van der Waals surface area contributed by atoms with E-state index >= 15 is 0 Å². The topological polar surface area (TPSA) is 29.1 Å². The number of halogens is 3. The molecule has 0 radical (unpaired) electrons. The maximum absolute atomic E-state index is 13.6. The van der Waals surface area contributed by atoms with E-state index in [1.54, 1.807) is 6.07 Å². The van der Waals surface area contributed by atoms with Gasteiger partial charge < -0.3 is 5.32 Å².